The SMILES string of the molecule is NC(=O)C1CCN(C(=O)CSc2nc(-c3ccccc3)n(-c3nc4ccccc4s3)n2)CC1. The predicted molar refractivity (Wildman–Crippen MR) is 129 cm³/mol. The van der Waals surface area contributed by atoms with Crippen molar-refractivity contribution in [2.45, 2.75) is 18.0 Å². The minimum atomic E-state index is -0.283. The number of carbonyl (C=O) groups is 2. The summed E-state index contributed by atoms with van der Waals surface area (Å²) < 4.78 is 2.83. The number of fused-ring (bicyclic) bond motifs is 1. The van der Waals surface area contributed by atoms with Crippen LogP contribution in [0, 0.1) is 5.92 Å². The van der Waals surface area contributed by atoms with Gasteiger partial charge in [0.2, 0.25) is 22.1 Å². The molecule has 8 nitrogen and oxygen atoms in total. The highest BCUT2D eigenvalue weighted by atomic mass is 32.2. The molecule has 168 valence electrons. The maximum absolute atomic E-state index is 12.7. The van der Waals surface area contributed by atoms with Gasteiger partial charge in [-0.25, -0.2) is 9.97 Å². The van der Waals surface area contributed by atoms with Crippen molar-refractivity contribution in [3.63, 3.8) is 0 Å². The number of thiazole rings is 1. The Morgan fingerprint density at radius 1 is 1.03 bits per heavy atom. The first-order chi connectivity index (χ1) is 16.1. The molecule has 0 saturated carbocycles. The number of thioether (sulfide) groups is 1. The standard InChI is InChI=1S/C23H22N6O2S2/c24-20(31)15-10-12-28(13-11-15)19(30)14-32-22-26-21(16-6-2-1-3-7-16)29(27-22)23-25-17-8-4-5-9-18(17)33-23/h1-9,15H,10-14H2,(H2,24,31). The lowest BCUT2D eigenvalue weighted by Gasteiger charge is -2.30. The summed E-state index contributed by atoms with van der Waals surface area (Å²) in [5.74, 6) is 0.516. The molecule has 0 bridgehead atoms. The van der Waals surface area contributed by atoms with Crippen molar-refractivity contribution in [2.75, 3.05) is 18.8 Å². The topological polar surface area (TPSA) is 107 Å². The van der Waals surface area contributed by atoms with Crippen LogP contribution in [-0.4, -0.2) is 55.3 Å². The van der Waals surface area contributed by atoms with Crippen molar-refractivity contribution in [3.05, 3.63) is 54.6 Å². The number of para-hydroxylation sites is 1. The van der Waals surface area contributed by atoms with Crippen molar-refractivity contribution in [3.8, 4) is 16.5 Å². The quantitative estimate of drug-likeness (QED) is 0.426. The first-order valence-corrected chi connectivity index (χ1v) is 12.5. The molecule has 2 aromatic carbocycles. The van der Waals surface area contributed by atoms with Crippen LogP contribution in [0.5, 0.6) is 0 Å². The van der Waals surface area contributed by atoms with E-state index in [1.54, 1.807) is 20.9 Å². The van der Waals surface area contributed by atoms with E-state index in [1.807, 2.05) is 54.6 Å². The molecule has 0 aliphatic carbocycles. The summed E-state index contributed by atoms with van der Waals surface area (Å²) in [6, 6.07) is 17.8. The number of hydrogen-bond donors (Lipinski definition) is 1. The Balaban J connectivity index is 1.36. The van der Waals surface area contributed by atoms with E-state index in [2.05, 4.69) is 5.10 Å². The van der Waals surface area contributed by atoms with Crippen molar-refractivity contribution in [2.24, 2.45) is 11.7 Å². The highest BCUT2D eigenvalue weighted by Crippen LogP contribution is 2.30. The van der Waals surface area contributed by atoms with Gasteiger partial charge in [0.25, 0.3) is 0 Å². The van der Waals surface area contributed by atoms with Gasteiger partial charge in [0.05, 0.1) is 16.0 Å². The van der Waals surface area contributed by atoms with E-state index < -0.39 is 0 Å². The first kappa shape index (κ1) is 21.6. The number of carbonyl (C=O) groups excluding carboxylic acids is 2. The maximum Gasteiger partial charge on any atom is 0.233 e. The van der Waals surface area contributed by atoms with E-state index in [0.29, 0.717) is 36.9 Å². The monoisotopic (exact) mass is 478 g/mol. The minimum absolute atomic E-state index is 0.0144. The Bertz CT molecular complexity index is 1260. The van der Waals surface area contributed by atoms with Crippen LogP contribution in [-0.2, 0) is 9.59 Å². The fraction of sp³-hybridized carbons (Fsp3) is 0.261. The van der Waals surface area contributed by atoms with Crippen LogP contribution in [0.15, 0.2) is 59.8 Å². The normalized spacial score (nSPS) is 14.6. The van der Waals surface area contributed by atoms with Gasteiger partial charge < -0.3 is 10.6 Å². The van der Waals surface area contributed by atoms with Crippen LogP contribution in [0.25, 0.3) is 26.7 Å². The van der Waals surface area contributed by atoms with E-state index in [9.17, 15) is 9.59 Å². The Morgan fingerprint density at radius 2 is 1.76 bits per heavy atom. The number of hydrogen-bond acceptors (Lipinski definition) is 7. The lowest BCUT2D eigenvalue weighted by atomic mass is 9.96. The number of amides is 2. The van der Waals surface area contributed by atoms with E-state index in [-0.39, 0.29) is 23.5 Å². The molecule has 1 saturated heterocycles. The molecule has 1 aliphatic rings. The van der Waals surface area contributed by atoms with Crippen LogP contribution in [0.3, 0.4) is 0 Å². The molecule has 1 fully saturated rings. The van der Waals surface area contributed by atoms with Crippen molar-refractivity contribution < 1.29 is 9.59 Å². The average molecular weight is 479 g/mol. The Labute approximate surface area is 198 Å². The fourth-order valence-corrected chi connectivity index (χ4v) is 5.49. The van der Waals surface area contributed by atoms with Crippen molar-refractivity contribution in [1.82, 2.24) is 24.6 Å². The Kier molecular flexibility index (Phi) is 6.10. The molecule has 10 heteroatoms. The molecule has 2 aromatic heterocycles. The van der Waals surface area contributed by atoms with E-state index in [4.69, 9.17) is 15.7 Å². The third-order valence-electron chi connectivity index (χ3n) is 5.66. The minimum Gasteiger partial charge on any atom is -0.369 e. The van der Waals surface area contributed by atoms with Gasteiger partial charge in [-0.1, -0.05) is 65.6 Å². The number of likely N-dealkylation sites (tertiary alicyclic amines) is 1. The Hall–Kier alpha value is -3.24. The second kappa shape index (κ2) is 9.32. The lowest BCUT2D eigenvalue weighted by Crippen LogP contribution is -2.42. The number of nitrogens with two attached hydrogens (primary N) is 1. The highest BCUT2D eigenvalue weighted by Gasteiger charge is 2.26. The van der Waals surface area contributed by atoms with Gasteiger partial charge >= 0.3 is 0 Å². The number of aromatic nitrogens is 4. The van der Waals surface area contributed by atoms with Gasteiger partial charge in [-0.2, -0.15) is 4.68 Å². The largest absolute Gasteiger partial charge is 0.369 e. The molecule has 4 aromatic rings. The molecule has 0 spiro atoms. The summed E-state index contributed by atoms with van der Waals surface area (Å²) >= 11 is 2.86. The van der Waals surface area contributed by atoms with E-state index in [1.165, 1.54) is 11.8 Å². The molecule has 2 N–H and O–H groups in total. The molecule has 0 atom stereocenters. The van der Waals surface area contributed by atoms with Crippen LogP contribution in [0.2, 0.25) is 0 Å². The number of piperidine rings is 1. The summed E-state index contributed by atoms with van der Waals surface area (Å²) in [6.07, 6.45) is 1.24. The van der Waals surface area contributed by atoms with Gasteiger partial charge in [0, 0.05) is 24.6 Å². The van der Waals surface area contributed by atoms with Crippen LogP contribution < -0.4 is 5.73 Å². The van der Waals surface area contributed by atoms with Gasteiger partial charge in [0.1, 0.15) is 0 Å². The lowest BCUT2D eigenvalue weighted by molar-refractivity contribution is -0.132. The number of benzene rings is 2. The zero-order valence-corrected chi connectivity index (χ0v) is 19.4. The molecule has 33 heavy (non-hydrogen) atoms. The number of rotatable bonds is 6. The van der Waals surface area contributed by atoms with Gasteiger partial charge in [-0.05, 0) is 25.0 Å². The number of primary amides is 1. The first-order valence-electron chi connectivity index (χ1n) is 10.7. The van der Waals surface area contributed by atoms with Gasteiger partial charge in [-0.3, -0.25) is 9.59 Å². The predicted octanol–water partition coefficient (Wildman–Crippen LogP) is 3.36. The van der Waals surface area contributed by atoms with Gasteiger partial charge in [0.15, 0.2) is 5.82 Å². The van der Waals surface area contributed by atoms with E-state index >= 15 is 0 Å². The summed E-state index contributed by atoms with van der Waals surface area (Å²) in [7, 11) is 0. The molecule has 3 heterocycles. The average Bonchev–Trinajstić information content (AvgIpc) is 3.47. The van der Waals surface area contributed by atoms with Crippen LogP contribution in [0.1, 0.15) is 12.8 Å². The van der Waals surface area contributed by atoms with E-state index in [0.717, 1.165) is 20.9 Å². The molecule has 0 unspecified atom stereocenters. The molecule has 2 amide bonds. The fourth-order valence-electron chi connectivity index (χ4n) is 3.84. The second-order valence-electron chi connectivity index (χ2n) is 7.81. The third-order valence-corrected chi connectivity index (χ3v) is 7.49. The summed E-state index contributed by atoms with van der Waals surface area (Å²) in [4.78, 5) is 35.3. The van der Waals surface area contributed by atoms with Crippen LogP contribution in [0.4, 0.5) is 0 Å². The zero-order valence-electron chi connectivity index (χ0n) is 17.8. The smallest absolute Gasteiger partial charge is 0.233 e. The van der Waals surface area contributed by atoms with Crippen LogP contribution >= 0.6 is 23.1 Å². The van der Waals surface area contributed by atoms with Crippen molar-refractivity contribution in [1.29, 1.82) is 0 Å². The molecule has 0 radical (unpaired) electrons. The van der Waals surface area contributed by atoms with Crippen molar-refractivity contribution >= 4 is 45.1 Å². The highest BCUT2D eigenvalue weighted by molar-refractivity contribution is 7.99. The van der Waals surface area contributed by atoms with Gasteiger partial charge in [-0.15, -0.1) is 5.10 Å². The summed E-state index contributed by atoms with van der Waals surface area (Å²) in [5, 5.41) is 5.94. The second-order valence-corrected chi connectivity index (χ2v) is 9.76. The number of nitrogens with zero attached hydrogens (tertiary/aromatic N) is 5. The maximum atomic E-state index is 12.7. The molecule has 1 aliphatic heterocycles. The summed E-state index contributed by atoms with van der Waals surface area (Å²) in [5.41, 5.74) is 7.23. The third kappa shape index (κ3) is 4.62. The molecular formula is C23H22N6O2S2. The zero-order chi connectivity index (χ0) is 22.8. The summed E-state index contributed by atoms with van der Waals surface area (Å²) in [6.45, 7) is 1.10. The molecular weight excluding hydrogens is 456 g/mol. The Morgan fingerprint density at radius 3 is 2.48 bits per heavy atom. The molecule has 5 rings (SSSR count).